The monoisotopic (exact) mass is 318 g/mol. The molecule has 1 aliphatic rings. The molecule has 0 radical (unpaired) electrons. The van der Waals surface area contributed by atoms with E-state index in [0.717, 1.165) is 49.2 Å². The molecule has 1 aliphatic heterocycles. The van der Waals surface area contributed by atoms with Gasteiger partial charge >= 0.3 is 0 Å². The number of benzene rings is 1. The Balaban J connectivity index is 1.90. The lowest BCUT2D eigenvalue weighted by molar-refractivity contribution is 0.727. The van der Waals surface area contributed by atoms with Crippen molar-refractivity contribution in [1.29, 1.82) is 0 Å². The van der Waals surface area contributed by atoms with Gasteiger partial charge in [-0.15, -0.1) is 0 Å². The van der Waals surface area contributed by atoms with Gasteiger partial charge in [0.05, 0.1) is 11.2 Å². The van der Waals surface area contributed by atoms with E-state index in [-0.39, 0.29) is 0 Å². The second-order valence-corrected chi connectivity index (χ2v) is 6.22. The van der Waals surface area contributed by atoms with Crippen molar-refractivity contribution in [3.63, 3.8) is 0 Å². The molecule has 0 amide bonds. The van der Waals surface area contributed by atoms with Crippen molar-refractivity contribution in [2.24, 2.45) is 0 Å². The molecule has 4 heteroatoms. The number of nitrogens with zero attached hydrogens (tertiary/aromatic N) is 2. The zero-order valence-corrected chi connectivity index (χ0v) is 14.0. The highest BCUT2D eigenvalue weighted by atomic mass is 14.9. The van der Waals surface area contributed by atoms with Gasteiger partial charge in [-0.25, -0.2) is 4.98 Å². The highest BCUT2D eigenvalue weighted by Gasteiger charge is 2.19. The topological polar surface area (TPSA) is 49.8 Å². The lowest BCUT2D eigenvalue weighted by Crippen LogP contribution is -2.15. The Morgan fingerprint density at radius 1 is 1.25 bits per heavy atom. The van der Waals surface area contributed by atoms with Gasteiger partial charge in [0.2, 0.25) is 0 Å². The molecule has 0 unspecified atom stereocenters. The van der Waals surface area contributed by atoms with E-state index in [1.807, 2.05) is 18.5 Å². The highest BCUT2D eigenvalue weighted by molar-refractivity contribution is 5.97. The van der Waals surface area contributed by atoms with E-state index >= 15 is 0 Å². The molecule has 0 fully saturated rings. The zero-order chi connectivity index (χ0) is 16.4. The van der Waals surface area contributed by atoms with Gasteiger partial charge in [-0.3, -0.25) is 4.98 Å². The van der Waals surface area contributed by atoms with Crippen LogP contribution in [0, 0.1) is 0 Å². The third-order valence-electron chi connectivity index (χ3n) is 4.57. The summed E-state index contributed by atoms with van der Waals surface area (Å²) in [4.78, 5) is 9.25. The van der Waals surface area contributed by atoms with Crippen LogP contribution in [0.1, 0.15) is 24.5 Å². The van der Waals surface area contributed by atoms with E-state index in [0.29, 0.717) is 0 Å². The van der Waals surface area contributed by atoms with Crippen LogP contribution < -0.4 is 10.6 Å². The Kier molecular flexibility index (Phi) is 4.13. The summed E-state index contributed by atoms with van der Waals surface area (Å²) in [5.41, 5.74) is 7.08. The van der Waals surface area contributed by atoms with Gasteiger partial charge in [0, 0.05) is 47.7 Å². The molecular formula is C20H22N4. The van der Waals surface area contributed by atoms with Crippen LogP contribution in [0.3, 0.4) is 0 Å². The fraction of sp³-hybridized carbons (Fsp3) is 0.300. The molecule has 1 aromatic carbocycles. The van der Waals surface area contributed by atoms with Crippen LogP contribution in [0.5, 0.6) is 0 Å². The van der Waals surface area contributed by atoms with Crippen LogP contribution in [-0.2, 0) is 13.0 Å². The Morgan fingerprint density at radius 2 is 2.21 bits per heavy atom. The summed E-state index contributed by atoms with van der Waals surface area (Å²) in [6.45, 7) is 5.03. The smallest absolute Gasteiger partial charge is 0.0777 e. The Labute approximate surface area is 142 Å². The number of fused-ring (bicyclic) bond motifs is 3. The predicted molar refractivity (Wildman–Crippen MR) is 99.2 cm³/mol. The lowest BCUT2D eigenvalue weighted by atomic mass is 9.95. The molecule has 0 bridgehead atoms. The van der Waals surface area contributed by atoms with Crippen molar-refractivity contribution in [3.05, 3.63) is 53.9 Å². The Morgan fingerprint density at radius 3 is 3.04 bits per heavy atom. The molecule has 24 heavy (non-hydrogen) atoms. The first-order chi connectivity index (χ1) is 11.9. The Hall–Kier alpha value is -2.46. The summed E-state index contributed by atoms with van der Waals surface area (Å²) < 4.78 is 0. The van der Waals surface area contributed by atoms with Crippen molar-refractivity contribution in [1.82, 2.24) is 15.3 Å². The van der Waals surface area contributed by atoms with Gasteiger partial charge in [0.15, 0.2) is 0 Å². The minimum Gasteiger partial charge on any atom is -0.384 e. The highest BCUT2D eigenvalue weighted by Crippen LogP contribution is 2.36. The number of rotatable bonds is 4. The van der Waals surface area contributed by atoms with Gasteiger partial charge in [-0.2, -0.15) is 0 Å². The first-order valence-corrected chi connectivity index (χ1v) is 8.67. The van der Waals surface area contributed by atoms with Crippen LogP contribution in [0.4, 0.5) is 5.69 Å². The summed E-state index contributed by atoms with van der Waals surface area (Å²) in [7, 11) is 0. The standard InChI is InChI=1S/C20H22N4/c1-2-21-12-14-7-8-18-17(11-14)20-16(6-4-10-23-20)19(24-18)15-5-3-9-22-13-15/h3,5,7-9,11,13,21,23H,2,4,6,10,12H2,1H3. The number of pyridine rings is 2. The number of aromatic nitrogens is 2. The maximum Gasteiger partial charge on any atom is 0.0777 e. The minimum atomic E-state index is 0.894. The van der Waals surface area contributed by atoms with E-state index in [2.05, 4.69) is 46.8 Å². The average Bonchev–Trinajstić information content (AvgIpc) is 2.66. The Bertz CT molecular complexity index is 858. The molecule has 4 nitrogen and oxygen atoms in total. The molecule has 122 valence electrons. The lowest BCUT2D eigenvalue weighted by Gasteiger charge is -2.23. The second kappa shape index (κ2) is 6.57. The van der Waals surface area contributed by atoms with Crippen LogP contribution in [-0.4, -0.2) is 23.1 Å². The molecule has 3 heterocycles. The predicted octanol–water partition coefficient (Wildman–Crippen LogP) is 3.76. The molecule has 0 aliphatic carbocycles. The fourth-order valence-corrected chi connectivity index (χ4v) is 3.39. The second-order valence-electron chi connectivity index (χ2n) is 6.22. The first-order valence-electron chi connectivity index (χ1n) is 8.67. The van der Waals surface area contributed by atoms with Crippen molar-refractivity contribution in [2.45, 2.75) is 26.3 Å². The molecule has 2 aromatic heterocycles. The van der Waals surface area contributed by atoms with E-state index < -0.39 is 0 Å². The molecular weight excluding hydrogens is 296 g/mol. The van der Waals surface area contributed by atoms with E-state index in [4.69, 9.17) is 4.98 Å². The van der Waals surface area contributed by atoms with Crippen molar-refractivity contribution in [2.75, 3.05) is 18.4 Å². The summed E-state index contributed by atoms with van der Waals surface area (Å²) in [6, 6.07) is 10.6. The van der Waals surface area contributed by atoms with E-state index in [1.165, 1.54) is 22.2 Å². The average molecular weight is 318 g/mol. The van der Waals surface area contributed by atoms with Gasteiger partial charge in [0.1, 0.15) is 0 Å². The van der Waals surface area contributed by atoms with Crippen molar-refractivity contribution in [3.8, 4) is 11.3 Å². The van der Waals surface area contributed by atoms with Crippen LogP contribution in [0.2, 0.25) is 0 Å². The van der Waals surface area contributed by atoms with Gasteiger partial charge in [0.25, 0.3) is 0 Å². The zero-order valence-electron chi connectivity index (χ0n) is 14.0. The molecule has 4 rings (SSSR count). The van der Waals surface area contributed by atoms with Crippen LogP contribution >= 0.6 is 0 Å². The molecule has 2 N–H and O–H groups in total. The summed E-state index contributed by atoms with van der Waals surface area (Å²) >= 11 is 0. The van der Waals surface area contributed by atoms with Crippen molar-refractivity contribution < 1.29 is 0 Å². The van der Waals surface area contributed by atoms with Crippen LogP contribution in [0.15, 0.2) is 42.7 Å². The number of hydrogen-bond acceptors (Lipinski definition) is 4. The van der Waals surface area contributed by atoms with Crippen molar-refractivity contribution >= 4 is 16.6 Å². The minimum absolute atomic E-state index is 0.894. The van der Waals surface area contributed by atoms with E-state index in [9.17, 15) is 0 Å². The number of hydrogen-bond donors (Lipinski definition) is 2. The summed E-state index contributed by atoms with van der Waals surface area (Å²) in [5, 5.41) is 8.25. The number of nitrogens with one attached hydrogen (secondary N) is 2. The third kappa shape index (κ3) is 2.74. The fourth-order valence-electron chi connectivity index (χ4n) is 3.39. The quantitative estimate of drug-likeness (QED) is 0.769. The maximum absolute atomic E-state index is 4.98. The van der Waals surface area contributed by atoms with E-state index in [1.54, 1.807) is 0 Å². The molecule has 0 saturated carbocycles. The maximum atomic E-state index is 4.98. The summed E-state index contributed by atoms with van der Waals surface area (Å²) in [6.07, 6.45) is 5.92. The number of anilines is 1. The largest absolute Gasteiger partial charge is 0.384 e. The molecule has 0 spiro atoms. The summed E-state index contributed by atoms with van der Waals surface area (Å²) in [5.74, 6) is 0. The third-order valence-corrected chi connectivity index (χ3v) is 4.57. The van der Waals surface area contributed by atoms with Gasteiger partial charge in [-0.1, -0.05) is 13.0 Å². The molecule has 0 atom stereocenters. The normalized spacial score (nSPS) is 13.5. The first kappa shape index (κ1) is 15.1. The molecule has 3 aromatic rings. The van der Waals surface area contributed by atoms with Crippen LogP contribution in [0.25, 0.3) is 22.2 Å². The van der Waals surface area contributed by atoms with Gasteiger partial charge < -0.3 is 10.6 Å². The SMILES string of the molecule is CCNCc1ccc2nc(-c3cccnc3)c3c(c2c1)NCCC3. The molecule has 0 saturated heterocycles. The van der Waals surface area contributed by atoms with Gasteiger partial charge in [-0.05, 0) is 49.2 Å².